The molecule has 0 atom stereocenters. The summed E-state index contributed by atoms with van der Waals surface area (Å²) in [7, 11) is 0. The van der Waals surface area contributed by atoms with Gasteiger partial charge < -0.3 is 5.32 Å². The van der Waals surface area contributed by atoms with Crippen LogP contribution in [-0.2, 0) is 11.3 Å². The van der Waals surface area contributed by atoms with Crippen LogP contribution >= 0.6 is 15.9 Å². The van der Waals surface area contributed by atoms with E-state index in [1.54, 1.807) is 35.1 Å². The molecule has 1 heterocycles. The zero-order valence-corrected chi connectivity index (χ0v) is 14.8. The van der Waals surface area contributed by atoms with Gasteiger partial charge in [0.05, 0.1) is 12.7 Å². The van der Waals surface area contributed by atoms with Crippen molar-refractivity contribution >= 4 is 33.7 Å². The summed E-state index contributed by atoms with van der Waals surface area (Å²) in [5.41, 5.74) is 1.41. The molecule has 25 heavy (non-hydrogen) atoms. The van der Waals surface area contributed by atoms with Gasteiger partial charge in [0.15, 0.2) is 0 Å². The number of hydrogen-bond donors (Lipinski definition) is 1. The summed E-state index contributed by atoms with van der Waals surface area (Å²) in [6.45, 7) is 0.515. The van der Waals surface area contributed by atoms with Gasteiger partial charge in [0, 0.05) is 22.2 Å². The van der Waals surface area contributed by atoms with Crippen LogP contribution < -0.4 is 5.32 Å². The Hall–Kier alpha value is -2.73. The number of amides is 1. The van der Waals surface area contributed by atoms with E-state index in [2.05, 4.69) is 26.3 Å². The first-order chi connectivity index (χ1) is 12.1. The van der Waals surface area contributed by atoms with Crippen molar-refractivity contribution in [1.29, 1.82) is 0 Å². The minimum absolute atomic E-state index is 0.350. The van der Waals surface area contributed by atoms with Gasteiger partial charge >= 0.3 is 0 Å². The first-order valence-electron chi connectivity index (χ1n) is 7.62. The monoisotopic (exact) mass is 399 g/mol. The van der Waals surface area contributed by atoms with Gasteiger partial charge in [-0.1, -0.05) is 52.3 Å². The highest BCUT2D eigenvalue weighted by atomic mass is 79.9. The maximum atomic E-state index is 13.6. The molecule has 6 heteroatoms. The average Bonchev–Trinajstić information content (AvgIpc) is 3.03. The number of halogens is 2. The molecular formula is C19H15BrFN3O. The molecule has 3 rings (SSSR count). The second-order valence-electron chi connectivity index (χ2n) is 5.31. The van der Waals surface area contributed by atoms with Crippen molar-refractivity contribution in [2.45, 2.75) is 6.54 Å². The second-order valence-corrected chi connectivity index (χ2v) is 6.16. The number of carbonyl (C=O) groups is 1. The Labute approximate surface area is 153 Å². The van der Waals surface area contributed by atoms with Crippen molar-refractivity contribution in [1.82, 2.24) is 9.78 Å². The predicted octanol–water partition coefficient (Wildman–Crippen LogP) is 4.48. The van der Waals surface area contributed by atoms with Crippen molar-refractivity contribution in [3.05, 3.63) is 88.3 Å². The smallest absolute Gasteiger partial charge is 0.249 e. The van der Waals surface area contributed by atoms with Gasteiger partial charge in [0.1, 0.15) is 11.6 Å². The molecule has 0 saturated heterocycles. The van der Waals surface area contributed by atoms with Gasteiger partial charge in [-0.3, -0.25) is 4.79 Å². The van der Waals surface area contributed by atoms with Crippen LogP contribution in [0.25, 0.3) is 6.08 Å². The predicted molar refractivity (Wildman–Crippen MR) is 99.5 cm³/mol. The van der Waals surface area contributed by atoms with Crippen molar-refractivity contribution in [3.63, 3.8) is 0 Å². The Bertz CT molecular complexity index is 920. The minimum atomic E-state index is -0.370. The van der Waals surface area contributed by atoms with E-state index in [4.69, 9.17) is 0 Å². The number of carbonyl (C=O) groups excluding carboxylic acids is 1. The minimum Gasteiger partial charge on any atom is -0.307 e. The molecule has 0 unspecified atom stereocenters. The zero-order valence-electron chi connectivity index (χ0n) is 13.2. The molecule has 0 fully saturated rings. The molecule has 1 aromatic heterocycles. The van der Waals surface area contributed by atoms with Crippen LogP contribution in [0.1, 0.15) is 11.1 Å². The molecule has 0 saturated carbocycles. The van der Waals surface area contributed by atoms with Crippen LogP contribution in [-0.4, -0.2) is 15.7 Å². The molecule has 3 aromatic rings. The van der Waals surface area contributed by atoms with Crippen LogP contribution in [0, 0.1) is 5.82 Å². The van der Waals surface area contributed by atoms with Crippen LogP contribution in [0.3, 0.4) is 0 Å². The number of aromatic nitrogens is 2. The van der Waals surface area contributed by atoms with Crippen LogP contribution in [0.2, 0.25) is 0 Å². The Morgan fingerprint density at radius 3 is 2.72 bits per heavy atom. The molecule has 4 nitrogen and oxygen atoms in total. The number of nitrogens with zero attached hydrogens (tertiary/aromatic N) is 2. The first kappa shape index (κ1) is 17.1. The van der Waals surface area contributed by atoms with E-state index >= 15 is 0 Å². The number of anilines is 1. The molecule has 1 amide bonds. The standard InChI is InChI=1S/C19H15BrFN3O/c20-16-7-3-1-6-15(16)13-24-18(11-12-22-24)23-19(25)10-9-14-5-2-4-8-17(14)21/h1-12H,13H2,(H,23,25)/b10-9+. The van der Waals surface area contributed by atoms with Crippen molar-refractivity contribution < 1.29 is 9.18 Å². The number of rotatable bonds is 5. The third kappa shape index (κ3) is 4.42. The molecule has 0 bridgehead atoms. The molecule has 0 aliphatic heterocycles. The third-order valence-electron chi connectivity index (χ3n) is 3.57. The van der Waals surface area contributed by atoms with Gasteiger partial charge in [0.25, 0.3) is 0 Å². The molecule has 0 aliphatic rings. The molecule has 2 aromatic carbocycles. The van der Waals surface area contributed by atoms with Gasteiger partial charge in [-0.05, 0) is 23.8 Å². The van der Waals surface area contributed by atoms with Crippen LogP contribution in [0.15, 0.2) is 71.3 Å². The van der Waals surface area contributed by atoms with E-state index in [-0.39, 0.29) is 11.7 Å². The van der Waals surface area contributed by atoms with E-state index in [0.717, 1.165) is 10.0 Å². The van der Waals surface area contributed by atoms with Gasteiger partial charge in [0.2, 0.25) is 5.91 Å². The zero-order chi connectivity index (χ0) is 17.6. The number of nitrogens with one attached hydrogen (secondary N) is 1. The molecule has 0 radical (unpaired) electrons. The van der Waals surface area contributed by atoms with Gasteiger partial charge in [-0.15, -0.1) is 0 Å². The summed E-state index contributed by atoms with van der Waals surface area (Å²) in [5.74, 6) is -0.151. The maximum Gasteiger partial charge on any atom is 0.249 e. The fourth-order valence-electron chi connectivity index (χ4n) is 2.30. The highest BCUT2D eigenvalue weighted by molar-refractivity contribution is 9.10. The fraction of sp³-hybridized carbons (Fsp3) is 0.0526. The Kier molecular flexibility index (Phi) is 5.40. The average molecular weight is 400 g/mol. The topological polar surface area (TPSA) is 46.9 Å². The molecule has 126 valence electrons. The Balaban J connectivity index is 1.70. The summed E-state index contributed by atoms with van der Waals surface area (Å²) in [6, 6.07) is 15.8. The van der Waals surface area contributed by atoms with Crippen LogP contribution in [0.5, 0.6) is 0 Å². The van der Waals surface area contributed by atoms with Crippen LogP contribution in [0.4, 0.5) is 10.2 Å². The van der Waals surface area contributed by atoms with Crippen molar-refractivity contribution in [2.24, 2.45) is 0 Å². The third-order valence-corrected chi connectivity index (χ3v) is 4.34. The summed E-state index contributed by atoms with van der Waals surface area (Å²) < 4.78 is 16.2. The lowest BCUT2D eigenvalue weighted by Gasteiger charge is -2.09. The number of benzene rings is 2. The largest absolute Gasteiger partial charge is 0.307 e. The second kappa shape index (κ2) is 7.90. The highest BCUT2D eigenvalue weighted by Crippen LogP contribution is 2.18. The quantitative estimate of drug-likeness (QED) is 0.642. The van der Waals surface area contributed by atoms with E-state index < -0.39 is 0 Å². The lowest BCUT2D eigenvalue weighted by molar-refractivity contribution is -0.111. The maximum absolute atomic E-state index is 13.6. The normalized spacial score (nSPS) is 11.0. The van der Waals surface area contributed by atoms with E-state index in [1.807, 2.05) is 24.3 Å². The van der Waals surface area contributed by atoms with E-state index in [9.17, 15) is 9.18 Å². The van der Waals surface area contributed by atoms with Crippen molar-refractivity contribution in [3.8, 4) is 0 Å². The number of hydrogen-bond acceptors (Lipinski definition) is 2. The lowest BCUT2D eigenvalue weighted by Crippen LogP contribution is -2.14. The molecule has 1 N–H and O–H groups in total. The van der Waals surface area contributed by atoms with Gasteiger partial charge in [-0.2, -0.15) is 5.10 Å². The summed E-state index contributed by atoms with van der Waals surface area (Å²) in [5, 5.41) is 6.99. The van der Waals surface area contributed by atoms with Crippen molar-refractivity contribution in [2.75, 3.05) is 5.32 Å². The molecular weight excluding hydrogens is 385 g/mol. The van der Waals surface area contributed by atoms with E-state index in [1.165, 1.54) is 18.2 Å². The Morgan fingerprint density at radius 1 is 1.16 bits per heavy atom. The fourth-order valence-corrected chi connectivity index (χ4v) is 2.71. The van der Waals surface area contributed by atoms with E-state index in [0.29, 0.717) is 17.9 Å². The first-order valence-corrected chi connectivity index (χ1v) is 8.41. The molecule has 0 spiro atoms. The Morgan fingerprint density at radius 2 is 1.92 bits per heavy atom. The summed E-state index contributed by atoms with van der Waals surface area (Å²) in [4.78, 5) is 12.1. The van der Waals surface area contributed by atoms with Gasteiger partial charge in [-0.25, -0.2) is 9.07 Å². The summed E-state index contributed by atoms with van der Waals surface area (Å²) in [6.07, 6.45) is 4.36. The lowest BCUT2D eigenvalue weighted by atomic mass is 10.2. The highest BCUT2D eigenvalue weighted by Gasteiger charge is 2.07. The molecule has 0 aliphatic carbocycles. The SMILES string of the molecule is O=C(/C=C/c1ccccc1F)Nc1ccnn1Cc1ccccc1Br. The summed E-state index contributed by atoms with van der Waals surface area (Å²) >= 11 is 3.50.